The number of carbonyl (C=O) groups is 1. The molecule has 1 amide bonds. The summed E-state index contributed by atoms with van der Waals surface area (Å²) in [6.07, 6.45) is 1.90. The van der Waals surface area contributed by atoms with Gasteiger partial charge in [0, 0.05) is 24.1 Å². The molecule has 2 aromatic heterocycles. The molecule has 0 spiro atoms. The van der Waals surface area contributed by atoms with Gasteiger partial charge in [-0.1, -0.05) is 30.3 Å². The Bertz CT molecular complexity index is 1240. The lowest BCUT2D eigenvalue weighted by atomic mass is 10.2. The van der Waals surface area contributed by atoms with Crippen molar-refractivity contribution in [1.29, 1.82) is 0 Å². The smallest absolute Gasteiger partial charge is 0.270 e. The predicted octanol–water partition coefficient (Wildman–Crippen LogP) is 3.23. The molecule has 2 aromatic carbocycles. The van der Waals surface area contributed by atoms with Gasteiger partial charge in [-0.2, -0.15) is 0 Å². The summed E-state index contributed by atoms with van der Waals surface area (Å²) in [4.78, 5) is 38.1. The summed E-state index contributed by atoms with van der Waals surface area (Å²) in [5.74, 6) is 0.318. The highest BCUT2D eigenvalue weighted by atomic mass is 16.5. The molecule has 2 N–H and O–H groups in total. The van der Waals surface area contributed by atoms with E-state index in [2.05, 4.69) is 15.0 Å². The summed E-state index contributed by atoms with van der Waals surface area (Å²) in [5, 5.41) is 1.52. The lowest BCUT2D eigenvalue weighted by molar-refractivity contribution is 0.0497. The third-order valence-corrected chi connectivity index (χ3v) is 5.50. The number of para-hydroxylation sites is 2. The number of aromatic amines is 2. The standard InChI is InChI=1S/C23H22N4O3/c28-22-17-8-2-4-10-19(17)25-21(26-22)14-27(13-16-7-5-11-30-16)23(29)20-12-15-6-1-3-9-18(15)24-20/h1-4,6,8-10,12,16,24H,5,7,11,13-14H2,(H,25,26,28). The van der Waals surface area contributed by atoms with Gasteiger partial charge in [-0.15, -0.1) is 0 Å². The number of hydrogen-bond donors (Lipinski definition) is 2. The minimum absolute atomic E-state index is 0.00879. The van der Waals surface area contributed by atoms with Gasteiger partial charge < -0.3 is 19.6 Å². The first-order chi connectivity index (χ1) is 14.7. The Balaban J connectivity index is 1.48. The summed E-state index contributed by atoms with van der Waals surface area (Å²) in [5.41, 5.74) is 1.84. The molecule has 1 aliphatic heterocycles. The summed E-state index contributed by atoms with van der Waals surface area (Å²) in [6, 6.07) is 16.8. The van der Waals surface area contributed by atoms with E-state index in [1.165, 1.54) is 0 Å². The normalized spacial score (nSPS) is 16.3. The van der Waals surface area contributed by atoms with Crippen molar-refractivity contribution in [2.24, 2.45) is 0 Å². The van der Waals surface area contributed by atoms with Gasteiger partial charge in [-0.05, 0) is 37.1 Å². The third kappa shape index (κ3) is 3.59. The first-order valence-corrected chi connectivity index (χ1v) is 10.1. The number of aromatic nitrogens is 3. The van der Waals surface area contributed by atoms with E-state index in [1.807, 2.05) is 42.5 Å². The number of ether oxygens (including phenoxy) is 1. The third-order valence-electron chi connectivity index (χ3n) is 5.50. The van der Waals surface area contributed by atoms with Crippen molar-refractivity contribution in [3.63, 3.8) is 0 Å². The molecular weight excluding hydrogens is 380 g/mol. The van der Waals surface area contributed by atoms with Crippen LogP contribution in [0, 0.1) is 0 Å². The van der Waals surface area contributed by atoms with E-state index in [4.69, 9.17) is 4.74 Å². The van der Waals surface area contributed by atoms with Crippen LogP contribution in [0.5, 0.6) is 0 Å². The molecule has 0 radical (unpaired) electrons. The van der Waals surface area contributed by atoms with E-state index in [0.29, 0.717) is 35.6 Å². The van der Waals surface area contributed by atoms with Crippen LogP contribution < -0.4 is 5.56 Å². The molecule has 1 atom stereocenters. The second-order valence-corrected chi connectivity index (χ2v) is 7.62. The average Bonchev–Trinajstić information content (AvgIpc) is 3.42. The molecule has 1 unspecified atom stereocenters. The van der Waals surface area contributed by atoms with Crippen molar-refractivity contribution in [2.45, 2.75) is 25.5 Å². The minimum atomic E-state index is -0.203. The Labute approximate surface area is 172 Å². The van der Waals surface area contributed by atoms with Gasteiger partial charge in [0.1, 0.15) is 11.5 Å². The minimum Gasteiger partial charge on any atom is -0.376 e. The van der Waals surface area contributed by atoms with Crippen molar-refractivity contribution >= 4 is 27.7 Å². The highest BCUT2D eigenvalue weighted by Gasteiger charge is 2.25. The molecule has 7 heteroatoms. The fraction of sp³-hybridized carbons (Fsp3) is 0.261. The van der Waals surface area contributed by atoms with Crippen molar-refractivity contribution in [3.8, 4) is 0 Å². The zero-order valence-electron chi connectivity index (χ0n) is 16.4. The number of benzene rings is 2. The average molecular weight is 402 g/mol. The predicted molar refractivity (Wildman–Crippen MR) is 114 cm³/mol. The SMILES string of the molecule is O=C(c1cc2ccccc2[nH]1)N(Cc1nc2ccccc2c(=O)[nH]1)CC1CCCO1. The topological polar surface area (TPSA) is 91.1 Å². The number of hydrogen-bond acceptors (Lipinski definition) is 4. The molecular formula is C23H22N4O3. The van der Waals surface area contributed by atoms with Crippen molar-refractivity contribution < 1.29 is 9.53 Å². The zero-order chi connectivity index (χ0) is 20.5. The molecule has 0 saturated carbocycles. The van der Waals surface area contributed by atoms with Crippen LogP contribution in [0.4, 0.5) is 0 Å². The van der Waals surface area contributed by atoms with Crippen molar-refractivity contribution in [3.05, 3.63) is 76.5 Å². The highest BCUT2D eigenvalue weighted by molar-refractivity contribution is 5.98. The molecule has 1 saturated heterocycles. The molecule has 0 aliphatic carbocycles. The fourth-order valence-corrected chi connectivity index (χ4v) is 4.00. The van der Waals surface area contributed by atoms with Gasteiger partial charge in [0.15, 0.2) is 0 Å². The van der Waals surface area contributed by atoms with Crippen LogP contribution in [-0.4, -0.2) is 45.0 Å². The number of rotatable bonds is 5. The number of amides is 1. The summed E-state index contributed by atoms with van der Waals surface area (Å²) in [7, 11) is 0. The Morgan fingerprint density at radius 3 is 2.80 bits per heavy atom. The molecule has 7 nitrogen and oxygen atoms in total. The lowest BCUT2D eigenvalue weighted by Gasteiger charge is -2.24. The quantitative estimate of drug-likeness (QED) is 0.536. The van der Waals surface area contributed by atoms with E-state index in [1.54, 1.807) is 17.0 Å². The molecule has 3 heterocycles. The first kappa shape index (κ1) is 18.6. The Kier molecular flexibility index (Phi) is 4.80. The largest absolute Gasteiger partial charge is 0.376 e. The highest BCUT2D eigenvalue weighted by Crippen LogP contribution is 2.20. The van der Waals surface area contributed by atoms with Crippen LogP contribution in [0.1, 0.15) is 29.2 Å². The van der Waals surface area contributed by atoms with E-state index in [-0.39, 0.29) is 24.1 Å². The fourth-order valence-electron chi connectivity index (χ4n) is 4.00. The summed E-state index contributed by atoms with van der Waals surface area (Å²) < 4.78 is 5.76. The first-order valence-electron chi connectivity index (χ1n) is 10.1. The zero-order valence-corrected chi connectivity index (χ0v) is 16.4. The lowest BCUT2D eigenvalue weighted by Crippen LogP contribution is -2.38. The van der Waals surface area contributed by atoms with Gasteiger partial charge in [0.05, 0.1) is 23.6 Å². The van der Waals surface area contributed by atoms with Crippen LogP contribution in [0.15, 0.2) is 59.4 Å². The van der Waals surface area contributed by atoms with Crippen LogP contribution in [0.25, 0.3) is 21.8 Å². The molecule has 152 valence electrons. The monoisotopic (exact) mass is 402 g/mol. The molecule has 0 bridgehead atoms. The Morgan fingerprint density at radius 1 is 1.13 bits per heavy atom. The maximum atomic E-state index is 13.4. The van der Waals surface area contributed by atoms with Crippen LogP contribution in [-0.2, 0) is 11.3 Å². The summed E-state index contributed by atoms with van der Waals surface area (Å²) in [6.45, 7) is 1.36. The number of H-pyrrole nitrogens is 2. The second-order valence-electron chi connectivity index (χ2n) is 7.62. The Hall–Kier alpha value is -3.45. The number of nitrogens with zero attached hydrogens (tertiary/aromatic N) is 2. The molecule has 30 heavy (non-hydrogen) atoms. The van der Waals surface area contributed by atoms with E-state index in [0.717, 1.165) is 23.7 Å². The van der Waals surface area contributed by atoms with Crippen molar-refractivity contribution in [2.75, 3.05) is 13.2 Å². The van der Waals surface area contributed by atoms with E-state index in [9.17, 15) is 9.59 Å². The summed E-state index contributed by atoms with van der Waals surface area (Å²) >= 11 is 0. The molecule has 1 fully saturated rings. The molecule has 5 rings (SSSR count). The van der Waals surface area contributed by atoms with E-state index < -0.39 is 0 Å². The van der Waals surface area contributed by atoms with Crippen LogP contribution in [0.3, 0.4) is 0 Å². The maximum Gasteiger partial charge on any atom is 0.270 e. The van der Waals surface area contributed by atoms with E-state index >= 15 is 0 Å². The van der Waals surface area contributed by atoms with Gasteiger partial charge >= 0.3 is 0 Å². The maximum absolute atomic E-state index is 13.4. The Morgan fingerprint density at radius 2 is 1.97 bits per heavy atom. The number of nitrogens with one attached hydrogen (secondary N) is 2. The number of fused-ring (bicyclic) bond motifs is 2. The van der Waals surface area contributed by atoms with Gasteiger partial charge in [0.2, 0.25) is 0 Å². The van der Waals surface area contributed by atoms with Gasteiger partial charge in [-0.25, -0.2) is 4.98 Å². The second kappa shape index (κ2) is 7.76. The molecule has 1 aliphatic rings. The van der Waals surface area contributed by atoms with Crippen LogP contribution in [0.2, 0.25) is 0 Å². The molecule has 4 aromatic rings. The van der Waals surface area contributed by atoms with Crippen molar-refractivity contribution in [1.82, 2.24) is 19.9 Å². The van der Waals surface area contributed by atoms with Crippen LogP contribution >= 0.6 is 0 Å². The number of carbonyl (C=O) groups excluding carboxylic acids is 1. The van der Waals surface area contributed by atoms with Gasteiger partial charge in [0.25, 0.3) is 11.5 Å². The van der Waals surface area contributed by atoms with Gasteiger partial charge in [-0.3, -0.25) is 9.59 Å².